The van der Waals surface area contributed by atoms with Gasteiger partial charge in [-0.05, 0) is 38.4 Å². The van der Waals surface area contributed by atoms with Crippen molar-refractivity contribution >= 4 is 16.8 Å². The maximum absolute atomic E-state index is 13.6. The molecule has 1 amide bonds. The molecular weight excluding hydrogens is 392 g/mol. The van der Waals surface area contributed by atoms with Crippen LogP contribution in [0.5, 0.6) is 0 Å². The molecule has 2 atom stereocenters. The fourth-order valence-corrected chi connectivity index (χ4v) is 4.24. The van der Waals surface area contributed by atoms with Crippen molar-refractivity contribution in [3.05, 3.63) is 60.4 Å². The molecule has 0 unspecified atom stereocenters. The fraction of sp³-hybridized carbons (Fsp3) is 0.375. The molecule has 160 valence electrons. The maximum Gasteiger partial charge on any atom is 0.254 e. The molecular formula is C24H26N4O3. The van der Waals surface area contributed by atoms with Gasteiger partial charge in [-0.3, -0.25) is 9.78 Å². The number of carbonyl (C=O) groups is 1. The van der Waals surface area contributed by atoms with Gasteiger partial charge in [-0.25, -0.2) is 4.98 Å². The van der Waals surface area contributed by atoms with Crippen molar-refractivity contribution in [1.82, 2.24) is 19.8 Å². The number of likely N-dealkylation sites (tertiary alicyclic amines) is 1. The Labute approximate surface area is 181 Å². The Morgan fingerprint density at radius 3 is 2.39 bits per heavy atom. The number of pyridine rings is 2. The van der Waals surface area contributed by atoms with E-state index >= 15 is 0 Å². The molecule has 0 spiro atoms. The zero-order valence-corrected chi connectivity index (χ0v) is 17.8. The van der Waals surface area contributed by atoms with Crippen LogP contribution in [-0.2, 0) is 9.47 Å². The van der Waals surface area contributed by atoms with Crippen molar-refractivity contribution in [3.63, 3.8) is 0 Å². The van der Waals surface area contributed by atoms with Crippen molar-refractivity contribution in [2.75, 3.05) is 40.4 Å². The van der Waals surface area contributed by atoms with Crippen molar-refractivity contribution in [3.8, 4) is 11.3 Å². The summed E-state index contributed by atoms with van der Waals surface area (Å²) in [5.41, 5.74) is 3.15. The second-order valence-corrected chi connectivity index (χ2v) is 8.38. The molecule has 31 heavy (non-hydrogen) atoms. The molecule has 2 aliphatic rings. The first-order chi connectivity index (χ1) is 15.1. The molecule has 0 radical (unpaired) electrons. The predicted molar refractivity (Wildman–Crippen MR) is 118 cm³/mol. The minimum Gasteiger partial charge on any atom is -0.372 e. The normalized spacial score (nSPS) is 22.0. The lowest BCUT2D eigenvalue weighted by molar-refractivity contribution is -0.00461. The number of aromatic nitrogens is 2. The lowest BCUT2D eigenvalue weighted by Crippen LogP contribution is -2.37. The smallest absolute Gasteiger partial charge is 0.254 e. The summed E-state index contributed by atoms with van der Waals surface area (Å²) in [6, 6.07) is 13.7. The third-order valence-corrected chi connectivity index (χ3v) is 6.16. The lowest BCUT2D eigenvalue weighted by atomic mass is 10.0. The Kier molecular flexibility index (Phi) is 5.40. The molecule has 2 saturated heterocycles. The maximum atomic E-state index is 13.6. The predicted octanol–water partition coefficient (Wildman–Crippen LogP) is 2.47. The first kappa shape index (κ1) is 20.1. The second-order valence-electron chi connectivity index (χ2n) is 8.38. The van der Waals surface area contributed by atoms with Crippen LogP contribution in [0.3, 0.4) is 0 Å². The topological polar surface area (TPSA) is 67.8 Å². The summed E-state index contributed by atoms with van der Waals surface area (Å²) in [5.74, 6) is -0.0154. The molecule has 0 bridgehead atoms. The monoisotopic (exact) mass is 418 g/mol. The Morgan fingerprint density at radius 2 is 1.71 bits per heavy atom. The van der Waals surface area contributed by atoms with E-state index < -0.39 is 0 Å². The van der Waals surface area contributed by atoms with E-state index in [0.29, 0.717) is 31.9 Å². The van der Waals surface area contributed by atoms with Crippen LogP contribution in [0.2, 0.25) is 0 Å². The first-order valence-electron chi connectivity index (χ1n) is 10.6. The second kappa shape index (κ2) is 8.34. The van der Waals surface area contributed by atoms with E-state index in [1.54, 1.807) is 12.4 Å². The molecule has 3 aromatic rings. The van der Waals surface area contributed by atoms with Crippen LogP contribution in [0, 0.1) is 0 Å². The molecule has 0 aliphatic carbocycles. The van der Waals surface area contributed by atoms with E-state index in [0.717, 1.165) is 22.2 Å². The number of nitrogens with zero attached hydrogens (tertiary/aromatic N) is 4. The van der Waals surface area contributed by atoms with Crippen LogP contribution in [0.25, 0.3) is 22.2 Å². The van der Waals surface area contributed by atoms with E-state index in [-0.39, 0.29) is 24.2 Å². The summed E-state index contributed by atoms with van der Waals surface area (Å²) in [4.78, 5) is 26.4. The average molecular weight is 418 g/mol. The molecule has 2 aromatic heterocycles. The van der Waals surface area contributed by atoms with E-state index in [4.69, 9.17) is 14.5 Å². The average Bonchev–Trinajstić information content (AvgIpc) is 3.10. The first-order valence-corrected chi connectivity index (χ1v) is 10.6. The summed E-state index contributed by atoms with van der Waals surface area (Å²) in [6.07, 6.45) is 3.28. The van der Waals surface area contributed by atoms with Crippen LogP contribution in [0.15, 0.2) is 54.9 Å². The van der Waals surface area contributed by atoms with E-state index in [1.165, 1.54) is 0 Å². The van der Waals surface area contributed by atoms with Crippen LogP contribution in [-0.4, -0.2) is 84.3 Å². The minimum absolute atomic E-state index is 0.0154. The van der Waals surface area contributed by atoms with Crippen LogP contribution in [0.1, 0.15) is 10.4 Å². The summed E-state index contributed by atoms with van der Waals surface area (Å²) in [5, 5.41) is 0.854. The number of amides is 1. The number of carbonyl (C=O) groups excluding carboxylic acids is 1. The molecule has 2 aliphatic heterocycles. The number of hydrogen-bond acceptors (Lipinski definition) is 6. The molecule has 0 N–H and O–H groups in total. The lowest BCUT2D eigenvalue weighted by Gasteiger charge is -2.23. The van der Waals surface area contributed by atoms with Crippen LogP contribution < -0.4 is 0 Å². The van der Waals surface area contributed by atoms with Gasteiger partial charge in [0.15, 0.2) is 0 Å². The number of para-hydroxylation sites is 1. The van der Waals surface area contributed by atoms with Gasteiger partial charge in [0, 0.05) is 36.4 Å². The molecule has 7 nitrogen and oxygen atoms in total. The van der Waals surface area contributed by atoms with Gasteiger partial charge >= 0.3 is 0 Å². The Hall–Kier alpha value is -2.87. The number of fused-ring (bicyclic) bond motifs is 2. The number of likely N-dealkylation sites (N-methyl/N-ethyl adjacent to an activating group) is 1. The van der Waals surface area contributed by atoms with E-state index in [9.17, 15) is 4.79 Å². The summed E-state index contributed by atoms with van der Waals surface area (Å²) in [6.45, 7) is 2.29. The molecule has 5 rings (SSSR count). The van der Waals surface area contributed by atoms with Crippen molar-refractivity contribution in [2.45, 2.75) is 18.2 Å². The summed E-state index contributed by atoms with van der Waals surface area (Å²) < 4.78 is 12.2. The number of rotatable bonds is 3. The third kappa shape index (κ3) is 3.92. The van der Waals surface area contributed by atoms with E-state index in [1.807, 2.05) is 61.5 Å². The summed E-state index contributed by atoms with van der Waals surface area (Å²) in [7, 11) is 4.06. The zero-order valence-electron chi connectivity index (χ0n) is 17.8. The van der Waals surface area contributed by atoms with Crippen molar-refractivity contribution < 1.29 is 14.3 Å². The largest absolute Gasteiger partial charge is 0.372 e. The quantitative estimate of drug-likeness (QED) is 0.651. The summed E-state index contributed by atoms with van der Waals surface area (Å²) >= 11 is 0. The van der Waals surface area contributed by atoms with Crippen LogP contribution >= 0.6 is 0 Å². The Bertz CT molecular complexity index is 1070. The molecule has 2 fully saturated rings. The standard InChI is InChI=1S/C24H26N4O3/c1-27(2)17-14-30-22-12-28(13-23(22)31-15-17)24(29)19-11-21(16-7-9-25-10-8-16)26-20-6-4-3-5-18(19)20/h3-11,17,22-23H,12-15H2,1-2H3/t22-,23-/m0/s1. The highest BCUT2D eigenvalue weighted by molar-refractivity contribution is 6.07. The highest BCUT2D eigenvalue weighted by Gasteiger charge is 2.40. The van der Waals surface area contributed by atoms with Gasteiger partial charge < -0.3 is 19.3 Å². The molecule has 1 aromatic carbocycles. The SMILES string of the molecule is CN(C)C1CO[C@H]2CN(C(=O)c3cc(-c4ccncc4)nc4ccccc34)C[C@@H]2OC1. The Morgan fingerprint density at radius 1 is 1.03 bits per heavy atom. The molecule has 0 saturated carbocycles. The van der Waals surface area contributed by atoms with Crippen molar-refractivity contribution in [1.29, 1.82) is 0 Å². The van der Waals surface area contributed by atoms with Gasteiger partial charge in [-0.2, -0.15) is 0 Å². The number of hydrogen-bond donors (Lipinski definition) is 0. The molecule has 4 heterocycles. The zero-order chi connectivity index (χ0) is 21.4. The minimum atomic E-state index is -0.0957. The molecule has 7 heteroatoms. The number of benzene rings is 1. The fourth-order valence-electron chi connectivity index (χ4n) is 4.24. The van der Waals surface area contributed by atoms with E-state index in [2.05, 4.69) is 9.88 Å². The third-order valence-electron chi connectivity index (χ3n) is 6.16. The van der Waals surface area contributed by atoms with Gasteiger partial charge in [0.1, 0.15) is 12.2 Å². The van der Waals surface area contributed by atoms with Gasteiger partial charge in [-0.15, -0.1) is 0 Å². The van der Waals surface area contributed by atoms with Gasteiger partial charge in [0.2, 0.25) is 0 Å². The number of ether oxygens (including phenoxy) is 2. The highest BCUT2D eigenvalue weighted by Crippen LogP contribution is 2.28. The van der Waals surface area contributed by atoms with Crippen LogP contribution in [0.4, 0.5) is 0 Å². The van der Waals surface area contributed by atoms with Gasteiger partial charge in [-0.1, -0.05) is 18.2 Å². The Balaban J connectivity index is 1.44. The van der Waals surface area contributed by atoms with Crippen molar-refractivity contribution in [2.24, 2.45) is 0 Å². The van der Waals surface area contributed by atoms with Gasteiger partial charge in [0.05, 0.1) is 36.0 Å². The highest BCUT2D eigenvalue weighted by atomic mass is 16.6. The van der Waals surface area contributed by atoms with Gasteiger partial charge in [0.25, 0.3) is 5.91 Å².